The average molecular weight is 255 g/mol. The van der Waals surface area contributed by atoms with E-state index < -0.39 is 0 Å². The zero-order chi connectivity index (χ0) is 12.8. The monoisotopic (exact) mass is 254 g/mol. The van der Waals surface area contributed by atoms with E-state index in [4.69, 9.17) is 0 Å². The van der Waals surface area contributed by atoms with E-state index in [-0.39, 0.29) is 36.3 Å². The van der Waals surface area contributed by atoms with Gasteiger partial charge in [-0.1, -0.05) is 78.1 Å². The molecule has 100 valence electrons. The van der Waals surface area contributed by atoms with Crippen molar-refractivity contribution < 1.29 is 10.2 Å². The maximum absolute atomic E-state index is 10.3. The van der Waals surface area contributed by atoms with Crippen molar-refractivity contribution in [2.75, 3.05) is 13.2 Å². The van der Waals surface area contributed by atoms with Gasteiger partial charge in [0.05, 0.1) is 0 Å². The van der Waals surface area contributed by atoms with Gasteiger partial charge in [-0.2, -0.15) is 0 Å². The van der Waals surface area contributed by atoms with Gasteiger partial charge in [-0.25, -0.2) is 0 Å². The molecule has 0 fully saturated rings. The Labute approximate surface area is 124 Å². The van der Waals surface area contributed by atoms with E-state index in [1.807, 2.05) is 0 Å². The summed E-state index contributed by atoms with van der Waals surface area (Å²) in [6, 6.07) is 0. The number of rotatable bonds is 8. The van der Waals surface area contributed by atoms with Gasteiger partial charge in [0.2, 0.25) is 0 Å². The summed E-state index contributed by atoms with van der Waals surface area (Å²) in [4.78, 5) is 0. The third-order valence-electron chi connectivity index (χ3n) is 3.02. The first-order valence-corrected chi connectivity index (χ1v) is 6.86. The number of hydrogen-bond acceptors (Lipinski definition) is 2. The van der Waals surface area contributed by atoms with Crippen LogP contribution >= 0.6 is 0 Å². The van der Waals surface area contributed by atoms with Crippen molar-refractivity contribution in [2.24, 2.45) is 11.8 Å². The Kier molecular flexibility index (Phi) is 25.6. The fourth-order valence-corrected chi connectivity index (χ4v) is 1.63. The van der Waals surface area contributed by atoms with Crippen LogP contribution in [0.25, 0.3) is 0 Å². The second-order valence-corrected chi connectivity index (χ2v) is 4.46. The molecular weight excluding hydrogens is 224 g/mol. The smallest absolute Gasteiger partial charge is 0.854 e. The molecule has 0 aliphatic heterocycles. The van der Waals surface area contributed by atoms with E-state index in [9.17, 15) is 10.2 Å². The summed E-state index contributed by atoms with van der Waals surface area (Å²) in [6.45, 7) is 8.64. The van der Waals surface area contributed by atoms with Crippen molar-refractivity contribution >= 4 is 23.1 Å². The Bertz CT molecular complexity index is 98.8. The zero-order valence-electron chi connectivity index (χ0n) is 12.3. The van der Waals surface area contributed by atoms with Gasteiger partial charge >= 0.3 is 23.1 Å². The van der Waals surface area contributed by atoms with Crippen LogP contribution in [0.1, 0.15) is 66.2 Å². The first kappa shape index (κ1) is 22.8. The maximum atomic E-state index is 10.3. The molecule has 0 amide bonds. The molecule has 0 spiro atoms. The first-order chi connectivity index (χ1) is 7.69. The Morgan fingerprint density at radius 2 is 1.00 bits per heavy atom. The summed E-state index contributed by atoms with van der Waals surface area (Å²) in [7, 11) is 0. The maximum Gasteiger partial charge on any atom is 2.00 e. The van der Waals surface area contributed by atoms with Gasteiger partial charge in [0.25, 0.3) is 0 Å². The third-order valence-corrected chi connectivity index (χ3v) is 3.02. The summed E-state index contributed by atoms with van der Waals surface area (Å²) in [5, 5.41) is 20.5. The molecular formula is C14H30MgO2. The van der Waals surface area contributed by atoms with Crippen molar-refractivity contribution in [1.29, 1.82) is 0 Å². The van der Waals surface area contributed by atoms with Gasteiger partial charge < -0.3 is 10.2 Å². The minimum Gasteiger partial charge on any atom is -0.854 e. The number of hydrogen-bond donors (Lipinski definition) is 0. The minimum atomic E-state index is 0. The molecule has 17 heavy (non-hydrogen) atoms. The summed E-state index contributed by atoms with van der Waals surface area (Å²) in [6.07, 6.45) is 6.64. The molecule has 0 saturated heterocycles. The standard InChI is InChI=1S/2C7H15O.Mg/c2*1-3-5-7(4-2)6-8;/h2*7H,3-6H2,1-2H3;/q2*-1;+2. The van der Waals surface area contributed by atoms with Crippen LogP contribution in [0.5, 0.6) is 0 Å². The predicted octanol–water partition coefficient (Wildman–Crippen LogP) is 1.97. The summed E-state index contributed by atoms with van der Waals surface area (Å²) < 4.78 is 0. The molecule has 0 aromatic heterocycles. The minimum absolute atomic E-state index is 0. The SMILES string of the molecule is CCCC(CC)C[O-].CCCC(CC)C[O-].[Mg+2]. The molecule has 0 saturated carbocycles. The summed E-state index contributed by atoms with van der Waals surface area (Å²) >= 11 is 0. The fraction of sp³-hybridized carbons (Fsp3) is 1.00. The van der Waals surface area contributed by atoms with Crippen LogP contribution in [0.15, 0.2) is 0 Å². The molecule has 0 N–H and O–H groups in total. The third kappa shape index (κ3) is 16.7. The second-order valence-electron chi connectivity index (χ2n) is 4.46. The van der Waals surface area contributed by atoms with Crippen LogP contribution in [0.2, 0.25) is 0 Å². The van der Waals surface area contributed by atoms with Crippen molar-refractivity contribution in [1.82, 2.24) is 0 Å². The molecule has 0 aliphatic rings. The zero-order valence-corrected chi connectivity index (χ0v) is 13.7. The normalized spacial score (nSPS) is 13.1. The largest absolute Gasteiger partial charge is 2.00 e. The van der Waals surface area contributed by atoms with Crippen LogP contribution in [-0.4, -0.2) is 36.3 Å². The van der Waals surface area contributed by atoms with Gasteiger partial charge in [0.15, 0.2) is 0 Å². The molecule has 2 atom stereocenters. The van der Waals surface area contributed by atoms with Crippen molar-refractivity contribution in [3.8, 4) is 0 Å². The van der Waals surface area contributed by atoms with Gasteiger partial charge in [-0.05, 0) is 0 Å². The molecule has 0 aliphatic carbocycles. The van der Waals surface area contributed by atoms with Crippen molar-refractivity contribution in [3.05, 3.63) is 0 Å². The van der Waals surface area contributed by atoms with Gasteiger partial charge in [-0.15, -0.1) is 13.2 Å². The van der Waals surface area contributed by atoms with E-state index in [1.54, 1.807) is 0 Å². The van der Waals surface area contributed by atoms with Gasteiger partial charge in [0.1, 0.15) is 0 Å². The van der Waals surface area contributed by atoms with Crippen LogP contribution in [0, 0.1) is 11.8 Å². The first-order valence-electron chi connectivity index (χ1n) is 6.86. The van der Waals surface area contributed by atoms with Crippen molar-refractivity contribution in [3.63, 3.8) is 0 Å². The van der Waals surface area contributed by atoms with E-state index in [1.165, 1.54) is 0 Å². The van der Waals surface area contributed by atoms with Crippen molar-refractivity contribution in [2.45, 2.75) is 66.2 Å². The summed E-state index contributed by atoms with van der Waals surface area (Å²) in [5.41, 5.74) is 0. The van der Waals surface area contributed by atoms with E-state index >= 15 is 0 Å². The van der Waals surface area contributed by atoms with Gasteiger partial charge in [0, 0.05) is 0 Å². The quantitative estimate of drug-likeness (QED) is 0.622. The Hall–Kier alpha value is 0.686. The van der Waals surface area contributed by atoms with Gasteiger partial charge in [-0.3, -0.25) is 0 Å². The predicted molar refractivity (Wildman–Crippen MR) is 72.9 cm³/mol. The average Bonchev–Trinajstić information content (AvgIpc) is 2.33. The molecule has 0 heterocycles. The molecule has 0 bridgehead atoms. The van der Waals surface area contributed by atoms with E-state index in [0.717, 1.165) is 38.5 Å². The molecule has 3 heteroatoms. The van der Waals surface area contributed by atoms with Crippen LogP contribution in [0.3, 0.4) is 0 Å². The Morgan fingerprint density at radius 1 is 0.706 bits per heavy atom. The van der Waals surface area contributed by atoms with Crippen LogP contribution < -0.4 is 10.2 Å². The topological polar surface area (TPSA) is 46.1 Å². The summed E-state index contributed by atoms with van der Waals surface area (Å²) in [5.74, 6) is 0.889. The van der Waals surface area contributed by atoms with E-state index in [0.29, 0.717) is 11.8 Å². The molecule has 0 radical (unpaired) electrons. The Balaban J connectivity index is -0.000000218. The van der Waals surface area contributed by atoms with Crippen LogP contribution in [0.4, 0.5) is 0 Å². The Morgan fingerprint density at radius 3 is 1.06 bits per heavy atom. The molecule has 2 unspecified atom stereocenters. The fourth-order valence-electron chi connectivity index (χ4n) is 1.63. The molecule has 0 aromatic carbocycles. The van der Waals surface area contributed by atoms with Crippen LogP contribution in [-0.2, 0) is 0 Å². The molecule has 0 aromatic rings. The second kappa shape index (κ2) is 19.0. The molecule has 0 rings (SSSR count). The van der Waals surface area contributed by atoms with E-state index in [2.05, 4.69) is 27.7 Å². The molecule has 2 nitrogen and oxygen atoms in total.